The van der Waals surface area contributed by atoms with Crippen LogP contribution in [0.4, 0.5) is 0 Å². The molecule has 2 unspecified atom stereocenters. The van der Waals surface area contributed by atoms with Gasteiger partial charge in [0.15, 0.2) is 5.96 Å². The molecular formula is C23H32IN3O3. The molecule has 0 saturated heterocycles. The molecule has 2 aromatic rings. The second-order valence-corrected chi connectivity index (χ2v) is 7.07. The number of ether oxygens (including phenoxy) is 3. The number of hydrogen-bond donors (Lipinski definition) is 2. The Morgan fingerprint density at radius 2 is 2.00 bits per heavy atom. The number of fused-ring (bicyclic) bond motifs is 1. The summed E-state index contributed by atoms with van der Waals surface area (Å²) in [6.45, 7) is 6.39. The van der Waals surface area contributed by atoms with Crippen LogP contribution in [0.3, 0.4) is 0 Å². The minimum absolute atomic E-state index is 0. The normalized spacial score (nSPS) is 16.4. The molecule has 1 aliphatic rings. The minimum atomic E-state index is -0.000162. The van der Waals surface area contributed by atoms with E-state index in [9.17, 15) is 0 Å². The maximum Gasteiger partial charge on any atom is 0.191 e. The van der Waals surface area contributed by atoms with Gasteiger partial charge in [-0.3, -0.25) is 4.99 Å². The number of para-hydroxylation sites is 1. The van der Waals surface area contributed by atoms with Gasteiger partial charge in [0.05, 0.1) is 26.9 Å². The van der Waals surface area contributed by atoms with Crippen molar-refractivity contribution in [1.29, 1.82) is 0 Å². The topological polar surface area (TPSA) is 64.1 Å². The third-order valence-electron chi connectivity index (χ3n) is 5.15. The lowest BCUT2D eigenvalue weighted by Gasteiger charge is -2.25. The molecule has 0 aromatic heterocycles. The molecule has 0 spiro atoms. The summed E-state index contributed by atoms with van der Waals surface area (Å²) in [6, 6.07) is 14.1. The highest BCUT2D eigenvalue weighted by molar-refractivity contribution is 14.0. The van der Waals surface area contributed by atoms with Gasteiger partial charge in [0.1, 0.15) is 17.2 Å². The van der Waals surface area contributed by atoms with E-state index < -0.39 is 0 Å². The molecule has 0 amide bonds. The summed E-state index contributed by atoms with van der Waals surface area (Å²) < 4.78 is 16.7. The highest BCUT2D eigenvalue weighted by atomic mass is 127. The van der Waals surface area contributed by atoms with Crippen molar-refractivity contribution in [2.45, 2.75) is 32.2 Å². The van der Waals surface area contributed by atoms with Crippen molar-refractivity contribution in [1.82, 2.24) is 10.6 Å². The molecule has 2 atom stereocenters. The van der Waals surface area contributed by atoms with Crippen LogP contribution >= 0.6 is 24.0 Å². The second kappa shape index (κ2) is 11.9. The van der Waals surface area contributed by atoms with E-state index in [-0.39, 0.29) is 30.0 Å². The van der Waals surface area contributed by atoms with Crippen LogP contribution in [0.5, 0.6) is 17.2 Å². The number of hydrogen-bond acceptors (Lipinski definition) is 4. The summed E-state index contributed by atoms with van der Waals surface area (Å²) in [5, 5.41) is 6.84. The smallest absolute Gasteiger partial charge is 0.191 e. The molecule has 2 N–H and O–H groups in total. The highest BCUT2D eigenvalue weighted by Gasteiger charge is 2.21. The fourth-order valence-corrected chi connectivity index (χ4v) is 3.59. The third-order valence-corrected chi connectivity index (χ3v) is 5.15. The lowest BCUT2D eigenvalue weighted by Crippen LogP contribution is -2.39. The molecule has 1 aliphatic heterocycles. The van der Waals surface area contributed by atoms with E-state index in [0.29, 0.717) is 12.5 Å². The number of halogens is 1. The fraction of sp³-hybridized carbons (Fsp3) is 0.435. The number of aliphatic imine (C=N–C) groups is 1. The highest BCUT2D eigenvalue weighted by Crippen LogP contribution is 2.33. The summed E-state index contributed by atoms with van der Waals surface area (Å²) in [6.07, 6.45) is 0.971. The van der Waals surface area contributed by atoms with Gasteiger partial charge < -0.3 is 24.8 Å². The van der Waals surface area contributed by atoms with Crippen molar-refractivity contribution >= 4 is 29.9 Å². The maximum absolute atomic E-state index is 5.77. The molecule has 30 heavy (non-hydrogen) atoms. The summed E-state index contributed by atoms with van der Waals surface area (Å²) in [5.41, 5.74) is 2.26. The van der Waals surface area contributed by atoms with Crippen LogP contribution < -0.4 is 24.8 Å². The van der Waals surface area contributed by atoms with Crippen LogP contribution in [-0.2, 0) is 0 Å². The monoisotopic (exact) mass is 525 g/mol. The minimum Gasteiger partial charge on any atom is -0.497 e. The van der Waals surface area contributed by atoms with Crippen LogP contribution in [0.15, 0.2) is 47.5 Å². The van der Waals surface area contributed by atoms with E-state index in [0.717, 1.165) is 48.3 Å². The Morgan fingerprint density at radius 1 is 1.20 bits per heavy atom. The van der Waals surface area contributed by atoms with Crippen molar-refractivity contribution in [3.05, 3.63) is 53.6 Å². The second-order valence-electron chi connectivity index (χ2n) is 7.07. The molecule has 0 radical (unpaired) electrons. The van der Waals surface area contributed by atoms with Crippen LogP contribution in [0.2, 0.25) is 0 Å². The van der Waals surface area contributed by atoms with E-state index in [1.54, 1.807) is 14.2 Å². The average Bonchev–Trinajstić information content (AvgIpc) is 2.77. The number of nitrogens with zero attached hydrogens (tertiary/aromatic N) is 1. The van der Waals surface area contributed by atoms with Gasteiger partial charge >= 0.3 is 0 Å². The Hall–Kier alpha value is -2.16. The van der Waals surface area contributed by atoms with Crippen molar-refractivity contribution in [2.75, 3.05) is 33.9 Å². The molecule has 6 nitrogen and oxygen atoms in total. The van der Waals surface area contributed by atoms with Gasteiger partial charge in [-0.05, 0) is 50.1 Å². The van der Waals surface area contributed by atoms with Crippen LogP contribution in [0.25, 0.3) is 0 Å². The maximum atomic E-state index is 5.77. The summed E-state index contributed by atoms with van der Waals surface area (Å²) in [7, 11) is 3.35. The fourth-order valence-electron chi connectivity index (χ4n) is 3.59. The van der Waals surface area contributed by atoms with Gasteiger partial charge in [0.25, 0.3) is 0 Å². The van der Waals surface area contributed by atoms with Gasteiger partial charge in [-0.15, -0.1) is 24.0 Å². The van der Waals surface area contributed by atoms with Gasteiger partial charge in [0, 0.05) is 24.6 Å². The van der Waals surface area contributed by atoms with Crippen molar-refractivity contribution in [3.8, 4) is 17.2 Å². The average molecular weight is 525 g/mol. The van der Waals surface area contributed by atoms with Crippen LogP contribution in [0, 0.1) is 0 Å². The molecule has 164 valence electrons. The van der Waals surface area contributed by atoms with Crippen molar-refractivity contribution < 1.29 is 14.2 Å². The van der Waals surface area contributed by atoms with Crippen molar-refractivity contribution in [2.24, 2.45) is 4.99 Å². The molecule has 7 heteroatoms. The molecular weight excluding hydrogens is 493 g/mol. The largest absolute Gasteiger partial charge is 0.497 e. The number of benzene rings is 2. The zero-order valence-corrected chi connectivity index (χ0v) is 20.4. The quantitative estimate of drug-likeness (QED) is 0.317. The first-order valence-corrected chi connectivity index (χ1v) is 10.1. The Bertz CT molecular complexity index is 844. The number of rotatable bonds is 7. The third kappa shape index (κ3) is 5.93. The summed E-state index contributed by atoms with van der Waals surface area (Å²) in [5.74, 6) is 3.74. The Kier molecular flexibility index (Phi) is 9.55. The molecule has 3 rings (SSSR count). The van der Waals surface area contributed by atoms with Crippen LogP contribution in [0.1, 0.15) is 43.4 Å². The van der Waals surface area contributed by atoms with E-state index in [4.69, 9.17) is 19.2 Å². The molecule has 0 aliphatic carbocycles. The van der Waals surface area contributed by atoms with E-state index in [2.05, 4.69) is 36.6 Å². The van der Waals surface area contributed by atoms with Crippen molar-refractivity contribution in [3.63, 3.8) is 0 Å². The first-order chi connectivity index (χ1) is 14.2. The lowest BCUT2D eigenvalue weighted by atomic mass is 9.93. The number of guanidine groups is 1. The first kappa shape index (κ1) is 24.1. The lowest BCUT2D eigenvalue weighted by molar-refractivity contribution is 0.269. The molecule has 0 bridgehead atoms. The van der Waals surface area contributed by atoms with E-state index >= 15 is 0 Å². The Labute approximate surface area is 196 Å². The first-order valence-electron chi connectivity index (χ1n) is 10.1. The van der Waals surface area contributed by atoms with Gasteiger partial charge in [0.2, 0.25) is 0 Å². The number of methoxy groups -OCH3 is 2. The number of nitrogens with one attached hydrogen (secondary N) is 2. The molecule has 1 heterocycles. The SMILES string of the molecule is CCNC(=NCC1CCOc2ccccc21)NC(C)c1cc(OC)ccc1OC.I. The molecule has 0 saturated carbocycles. The van der Waals surface area contributed by atoms with Crippen LogP contribution in [-0.4, -0.2) is 39.9 Å². The van der Waals surface area contributed by atoms with E-state index in [1.165, 1.54) is 5.56 Å². The van der Waals surface area contributed by atoms with E-state index in [1.807, 2.05) is 30.3 Å². The Morgan fingerprint density at radius 3 is 2.73 bits per heavy atom. The molecule has 0 fully saturated rings. The Balaban J connectivity index is 0.00000320. The zero-order valence-electron chi connectivity index (χ0n) is 18.1. The van der Waals surface area contributed by atoms with Gasteiger partial charge in [-0.2, -0.15) is 0 Å². The summed E-state index contributed by atoms with van der Waals surface area (Å²) >= 11 is 0. The standard InChI is InChI=1S/C23H31N3O3.HI/c1-5-24-23(25-15-17-12-13-29-22-9-7-6-8-19(17)22)26-16(2)20-14-18(27-3)10-11-21(20)28-4;/h6-11,14,16-17H,5,12-13,15H2,1-4H3,(H2,24,25,26);1H. The summed E-state index contributed by atoms with van der Waals surface area (Å²) in [4.78, 5) is 4.87. The molecule has 2 aromatic carbocycles. The van der Waals surface area contributed by atoms with Gasteiger partial charge in [-0.25, -0.2) is 0 Å². The van der Waals surface area contributed by atoms with Gasteiger partial charge in [-0.1, -0.05) is 18.2 Å². The predicted octanol–water partition coefficient (Wildman–Crippen LogP) is 4.50. The predicted molar refractivity (Wildman–Crippen MR) is 132 cm³/mol. The zero-order chi connectivity index (χ0) is 20.6.